The third kappa shape index (κ3) is 7.94. The number of carbonyl (C=O) groups is 5. The summed E-state index contributed by atoms with van der Waals surface area (Å²) in [5.74, 6) is -2.30. The van der Waals surface area contributed by atoms with Crippen LogP contribution < -0.4 is 20.9 Å². The average molecular weight is 605 g/mol. The number of fused-ring (bicyclic) bond motifs is 1. The van der Waals surface area contributed by atoms with E-state index in [1.165, 1.54) is 9.80 Å². The number of hydrogen-bond donors (Lipinski definition) is 3. The minimum Gasteiger partial charge on any atom is -0.378 e. The number of anilines is 1. The molecule has 4 rings (SSSR count). The van der Waals surface area contributed by atoms with E-state index in [2.05, 4.69) is 16.0 Å². The molecule has 44 heavy (non-hydrogen) atoms. The van der Waals surface area contributed by atoms with Crippen LogP contribution in [0.4, 0.5) is 5.69 Å². The van der Waals surface area contributed by atoms with Crippen molar-refractivity contribution in [3.8, 4) is 0 Å². The van der Waals surface area contributed by atoms with Crippen molar-refractivity contribution in [2.45, 2.75) is 64.2 Å². The molecule has 0 aliphatic carbocycles. The van der Waals surface area contributed by atoms with Gasteiger partial charge >= 0.3 is 0 Å². The van der Waals surface area contributed by atoms with Gasteiger partial charge in [0.15, 0.2) is 0 Å². The van der Waals surface area contributed by atoms with Crippen molar-refractivity contribution < 1.29 is 24.0 Å². The van der Waals surface area contributed by atoms with Gasteiger partial charge in [0.25, 0.3) is 5.91 Å². The molecule has 2 fully saturated rings. The molecule has 5 amide bonds. The SMILES string of the molecule is CC(C)[C@@H]1NC(=O)[C@H]2CCCN2C(=O)[C@H](C)NC(=O)CN(C(=O)c2cccc(N(C)C)c2)C[C@H](Cc2ccccc2)NC1=O. The Morgan fingerprint density at radius 1 is 0.955 bits per heavy atom. The number of nitrogens with one attached hydrogen (secondary N) is 3. The van der Waals surface area contributed by atoms with Gasteiger partial charge in [-0.2, -0.15) is 0 Å². The Morgan fingerprint density at radius 3 is 2.36 bits per heavy atom. The molecule has 11 heteroatoms. The van der Waals surface area contributed by atoms with Crippen LogP contribution in [0.1, 0.15) is 49.5 Å². The van der Waals surface area contributed by atoms with Crippen LogP contribution in [0.5, 0.6) is 0 Å². The van der Waals surface area contributed by atoms with Crippen LogP contribution in [0, 0.1) is 5.92 Å². The molecular weight excluding hydrogens is 560 g/mol. The fourth-order valence-electron chi connectivity index (χ4n) is 5.79. The molecule has 3 N–H and O–H groups in total. The lowest BCUT2D eigenvalue weighted by Crippen LogP contribution is -2.58. The highest BCUT2D eigenvalue weighted by Crippen LogP contribution is 2.20. The molecule has 0 aromatic heterocycles. The van der Waals surface area contributed by atoms with Crippen molar-refractivity contribution in [2.75, 3.05) is 38.6 Å². The Kier molecular flexibility index (Phi) is 10.6. The number of carbonyl (C=O) groups excluding carboxylic acids is 5. The van der Waals surface area contributed by atoms with Gasteiger partial charge in [-0.1, -0.05) is 50.2 Å². The van der Waals surface area contributed by atoms with E-state index in [0.29, 0.717) is 31.4 Å². The summed E-state index contributed by atoms with van der Waals surface area (Å²) in [6, 6.07) is 13.6. The first-order chi connectivity index (χ1) is 20.9. The van der Waals surface area contributed by atoms with Gasteiger partial charge in [0.2, 0.25) is 23.6 Å². The third-order valence-electron chi connectivity index (χ3n) is 8.18. The molecule has 0 saturated carbocycles. The molecule has 2 aliphatic rings. The molecule has 2 saturated heterocycles. The first-order valence-corrected chi connectivity index (χ1v) is 15.3. The zero-order valence-electron chi connectivity index (χ0n) is 26.2. The van der Waals surface area contributed by atoms with E-state index in [1.807, 2.05) is 69.2 Å². The van der Waals surface area contributed by atoms with Gasteiger partial charge in [-0.15, -0.1) is 0 Å². The van der Waals surface area contributed by atoms with Gasteiger partial charge < -0.3 is 30.7 Å². The second-order valence-corrected chi connectivity index (χ2v) is 12.2. The Morgan fingerprint density at radius 2 is 1.68 bits per heavy atom. The standard InChI is InChI=1S/C33H44N6O5/c1-21(2)29-31(42)35-25(17-23-11-7-6-8-12-23)19-38(33(44)24-13-9-14-26(18-24)37(4)5)20-28(40)34-22(3)32(43)39-16-10-15-27(39)30(41)36-29/h6-9,11-14,18,21-22,25,27,29H,10,15-17,19-20H2,1-5H3,(H,34,40)(H,35,42)(H,36,41)/t22-,25-,27+,29-/m0/s1. The lowest BCUT2D eigenvalue weighted by atomic mass is 10.00. The van der Waals surface area contributed by atoms with Crippen molar-refractivity contribution in [1.82, 2.24) is 25.8 Å². The summed E-state index contributed by atoms with van der Waals surface area (Å²) in [6.07, 6.45) is 1.49. The molecule has 0 spiro atoms. The number of amides is 5. The van der Waals surface area contributed by atoms with Gasteiger partial charge in [0.05, 0.1) is 12.6 Å². The lowest BCUT2D eigenvalue weighted by Gasteiger charge is -2.31. The van der Waals surface area contributed by atoms with Gasteiger partial charge in [0, 0.05) is 38.4 Å². The van der Waals surface area contributed by atoms with E-state index in [9.17, 15) is 24.0 Å². The zero-order chi connectivity index (χ0) is 32.0. The van der Waals surface area contributed by atoms with E-state index in [-0.39, 0.29) is 36.7 Å². The van der Waals surface area contributed by atoms with E-state index in [0.717, 1.165) is 11.3 Å². The summed E-state index contributed by atoms with van der Waals surface area (Å²) in [5.41, 5.74) is 2.15. The zero-order valence-corrected chi connectivity index (χ0v) is 26.2. The first kappa shape index (κ1) is 32.5. The average Bonchev–Trinajstić information content (AvgIpc) is 3.48. The summed E-state index contributed by atoms with van der Waals surface area (Å²) >= 11 is 0. The number of benzene rings is 2. The molecule has 0 radical (unpaired) electrons. The molecule has 2 aliphatic heterocycles. The maximum Gasteiger partial charge on any atom is 0.254 e. The molecule has 0 bridgehead atoms. The van der Waals surface area contributed by atoms with Crippen LogP contribution in [0.2, 0.25) is 0 Å². The smallest absolute Gasteiger partial charge is 0.254 e. The van der Waals surface area contributed by atoms with Crippen LogP contribution in [0.25, 0.3) is 0 Å². The lowest BCUT2D eigenvalue weighted by molar-refractivity contribution is -0.142. The fraction of sp³-hybridized carbons (Fsp3) is 0.485. The van der Waals surface area contributed by atoms with Crippen molar-refractivity contribution in [2.24, 2.45) is 5.92 Å². The van der Waals surface area contributed by atoms with Crippen molar-refractivity contribution in [3.63, 3.8) is 0 Å². The van der Waals surface area contributed by atoms with Crippen molar-refractivity contribution >= 4 is 35.2 Å². The summed E-state index contributed by atoms with van der Waals surface area (Å²) < 4.78 is 0. The predicted octanol–water partition coefficient (Wildman–Crippen LogP) is 1.57. The van der Waals surface area contributed by atoms with Crippen molar-refractivity contribution in [1.29, 1.82) is 0 Å². The molecular formula is C33H44N6O5. The molecule has 2 aromatic rings. The highest BCUT2D eigenvalue weighted by atomic mass is 16.2. The highest BCUT2D eigenvalue weighted by Gasteiger charge is 2.39. The van der Waals surface area contributed by atoms with Gasteiger partial charge in [-0.05, 0) is 55.9 Å². The van der Waals surface area contributed by atoms with Crippen LogP contribution >= 0.6 is 0 Å². The van der Waals surface area contributed by atoms with E-state index < -0.39 is 36.0 Å². The maximum absolute atomic E-state index is 14.0. The second-order valence-electron chi connectivity index (χ2n) is 12.2. The minimum atomic E-state index is -0.907. The molecule has 0 unspecified atom stereocenters. The van der Waals surface area contributed by atoms with E-state index in [4.69, 9.17) is 0 Å². The second kappa shape index (κ2) is 14.4. The van der Waals surface area contributed by atoms with Gasteiger partial charge in [-0.25, -0.2) is 0 Å². The fourth-order valence-corrected chi connectivity index (χ4v) is 5.79. The third-order valence-corrected chi connectivity index (χ3v) is 8.18. The predicted molar refractivity (Wildman–Crippen MR) is 168 cm³/mol. The maximum atomic E-state index is 14.0. The monoisotopic (exact) mass is 604 g/mol. The molecule has 2 aromatic carbocycles. The summed E-state index contributed by atoms with van der Waals surface area (Å²) in [6.45, 7) is 5.36. The van der Waals surface area contributed by atoms with E-state index >= 15 is 0 Å². The van der Waals surface area contributed by atoms with Gasteiger partial charge in [0.1, 0.15) is 18.1 Å². The molecule has 236 valence electrons. The molecule has 11 nitrogen and oxygen atoms in total. The van der Waals surface area contributed by atoms with Crippen LogP contribution in [0.3, 0.4) is 0 Å². The van der Waals surface area contributed by atoms with Crippen LogP contribution in [-0.4, -0.2) is 97.2 Å². The largest absolute Gasteiger partial charge is 0.378 e. The van der Waals surface area contributed by atoms with Crippen LogP contribution in [0.15, 0.2) is 54.6 Å². The summed E-state index contributed by atoms with van der Waals surface area (Å²) in [5, 5.41) is 8.71. The molecule has 2 heterocycles. The summed E-state index contributed by atoms with van der Waals surface area (Å²) in [7, 11) is 3.75. The van der Waals surface area contributed by atoms with Gasteiger partial charge in [-0.3, -0.25) is 24.0 Å². The number of hydrogen-bond acceptors (Lipinski definition) is 6. The quantitative estimate of drug-likeness (QED) is 0.475. The Hall–Kier alpha value is -4.41. The van der Waals surface area contributed by atoms with Crippen LogP contribution in [-0.2, 0) is 25.6 Å². The molecule has 4 atom stereocenters. The van der Waals surface area contributed by atoms with E-state index in [1.54, 1.807) is 25.1 Å². The highest BCUT2D eigenvalue weighted by molar-refractivity contribution is 5.99. The first-order valence-electron chi connectivity index (χ1n) is 15.3. The number of nitrogens with zero attached hydrogens (tertiary/aromatic N) is 3. The Bertz CT molecular complexity index is 1360. The Labute approximate surface area is 259 Å². The van der Waals surface area contributed by atoms with Crippen molar-refractivity contribution in [3.05, 3.63) is 65.7 Å². The summed E-state index contributed by atoms with van der Waals surface area (Å²) in [4.78, 5) is 72.7. The topological polar surface area (TPSA) is 131 Å². The normalized spacial score (nSPS) is 23.7. The minimum absolute atomic E-state index is 0.0227. The number of rotatable bonds is 5. The Balaban J connectivity index is 1.73.